The van der Waals surface area contributed by atoms with Crippen LogP contribution < -0.4 is 0 Å². The fraction of sp³-hybridized carbons (Fsp3) is 0.571. The highest BCUT2D eigenvalue weighted by Crippen LogP contribution is 2.32. The zero-order valence-electron chi connectivity index (χ0n) is 17.8. The van der Waals surface area contributed by atoms with Crippen LogP contribution in [0.2, 0.25) is 5.02 Å². The van der Waals surface area contributed by atoms with E-state index >= 15 is 0 Å². The van der Waals surface area contributed by atoms with Gasteiger partial charge in [0.2, 0.25) is 27.6 Å². The van der Waals surface area contributed by atoms with E-state index in [9.17, 15) is 13.2 Å². The second kappa shape index (κ2) is 8.88. The molecular weight excluding hydrogens is 440 g/mol. The molecule has 1 amide bonds. The average Bonchev–Trinajstić information content (AvgIpc) is 3.20. The molecule has 0 spiro atoms. The molecule has 2 fully saturated rings. The molecule has 2 aliphatic heterocycles. The van der Waals surface area contributed by atoms with Gasteiger partial charge in [0.1, 0.15) is 4.90 Å². The van der Waals surface area contributed by atoms with Gasteiger partial charge in [0.15, 0.2) is 0 Å². The van der Waals surface area contributed by atoms with E-state index in [2.05, 4.69) is 17.1 Å². The highest BCUT2D eigenvalue weighted by molar-refractivity contribution is 7.89. The van der Waals surface area contributed by atoms with Gasteiger partial charge < -0.3 is 9.42 Å². The van der Waals surface area contributed by atoms with Crippen LogP contribution in [0.5, 0.6) is 0 Å². The number of piperidine rings is 2. The van der Waals surface area contributed by atoms with Crippen molar-refractivity contribution < 1.29 is 17.7 Å². The summed E-state index contributed by atoms with van der Waals surface area (Å²) in [5.74, 6) is 1.06. The van der Waals surface area contributed by atoms with Crippen LogP contribution in [-0.4, -0.2) is 59.8 Å². The minimum absolute atomic E-state index is 0.00554. The molecule has 4 rings (SSSR count). The van der Waals surface area contributed by atoms with Gasteiger partial charge >= 0.3 is 0 Å². The van der Waals surface area contributed by atoms with Crippen LogP contribution >= 0.6 is 11.6 Å². The number of carbonyl (C=O) groups is 1. The highest BCUT2D eigenvalue weighted by Gasteiger charge is 2.36. The standard InChI is InChI=1S/C21H27ClN4O4S/c1-14-7-10-25(11-8-14)21(27)17-4-3-9-26(13-17)31(28,29)19-12-16(5-6-18(19)22)20-23-15(2)30-24-20/h5-6,12,14,17H,3-4,7-11,13H2,1-2H3/t17-/m1/s1. The molecule has 0 saturated carbocycles. The van der Waals surface area contributed by atoms with E-state index in [1.54, 1.807) is 13.0 Å². The smallest absolute Gasteiger partial charge is 0.244 e. The second-order valence-corrected chi connectivity index (χ2v) is 10.8. The number of aryl methyl sites for hydroxylation is 1. The van der Waals surface area contributed by atoms with E-state index in [1.165, 1.54) is 16.4 Å². The van der Waals surface area contributed by atoms with Crippen LogP contribution in [0.25, 0.3) is 11.4 Å². The van der Waals surface area contributed by atoms with Crippen molar-refractivity contribution >= 4 is 27.5 Å². The molecule has 8 nitrogen and oxygen atoms in total. The molecule has 0 aliphatic carbocycles. The largest absolute Gasteiger partial charge is 0.342 e. The van der Waals surface area contributed by atoms with Crippen LogP contribution in [0, 0.1) is 18.8 Å². The zero-order valence-corrected chi connectivity index (χ0v) is 19.3. The Morgan fingerprint density at radius 1 is 1.19 bits per heavy atom. The van der Waals surface area contributed by atoms with E-state index in [0.717, 1.165) is 25.9 Å². The van der Waals surface area contributed by atoms with Crippen molar-refractivity contribution in [2.75, 3.05) is 26.2 Å². The lowest BCUT2D eigenvalue weighted by Gasteiger charge is -2.37. The Labute approximate surface area is 187 Å². The van der Waals surface area contributed by atoms with E-state index in [-0.39, 0.29) is 28.3 Å². The quantitative estimate of drug-likeness (QED) is 0.685. The summed E-state index contributed by atoms with van der Waals surface area (Å²) in [6, 6.07) is 4.65. The SMILES string of the molecule is Cc1nc(-c2ccc(Cl)c(S(=O)(=O)N3CCC[C@@H](C(=O)N4CCC(C)CC4)C3)c2)no1. The first-order valence-corrected chi connectivity index (χ1v) is 12.5. The van der Waals surface area contributed by atoms with E-state index in [0.29, 0.717) is 42.6 Å². The molecule has 10 heteroatoms. The van der Waals surface area contributed by atoms with Crippen LogP contribution in [0.4, 0.5) is 0 Å². The Hall–Kier alpha value is -1.97. The second-order valence-electron chi connectivity index (χ2n) is 8.49. The molecule has 0 unspecified atom stereocenters. The molecule has 1 atom stereocenters. The lowest BCUT2D eigenvalue weighted by molar-refractivity contribution is -0.138. The molecule has 0 N–H and O–H groups in total. The predicted octanol–water partition coefficient (Wildman–Crippen LogP) is 3.36. The first-order valence-electron chi connectivity index (χ1n) is 10.6. The van der Waals surface area contributed by atoms with Crippen molar-refractivity contribution in [3.8, 4) is 11.4 Å². The monoisotopic (exact) mass is 466 g/mol. The normalized spacial score (nSPS) is 21.4. The third kappa shape index (κ3) is 4.63. The lowest BCUT2D eigenvalue weighted by atomic mass is 9.94. The van der Waals surface area contributed by atoms with Gasteiger partial charge in [0.05, 0.1) is 10.9 Å². The summed E-state index contributed by atoms with van der Waals surface area (Å²) in [6.07, 6.45) is 3.34. The Kier molecular flexibility index (Phi) is 6.37. The minimum Gasteiger partial charge on any atom is -0.342 e. The van der Waals surface area contributed by atoms with Gasteiger partial charge in [-0.15, -0.1) is 0 Å². The number of halogens is 1. The van der Waals surface area contributed by atoms with Gasteiger partial charge in [-0.25, -0.2) is 8.42 Å². The molecular formula is C21H27ClN4O4S. The molecule has 2 saturated heterocycles. The van der Waals surface area contributed by atoms with Gasteiger partial charge in [-0.3, -0.25) is 4.79 Å². The summed E-state index contributed by atoms with van der Waals surface area (Å²) >= 11 is 6.28. The number of benzene rings is 1. The number of nitrogens with zero attached hydrogens (tertiary/aromatic N) is 4. The predicted molar refractivity (Wildman–Crippen MR) is 116 cm³/mol. The van der Waals surface area contributed by atoms with Crippen molar-refractivity contribution in [2.24, 2.45) is 11.8 Å². The number of rotatable bonds is 4. The van der Waals surface area contributed by atoms with Crippen molar-refractivity contribution in [3.63, 3.8) is 0 Å². The molecule has 3 heterocycles. The van der Waals surface area contributed by atoms with Crippen molar-refractivity contribution in [1.82, 2.24) is 19.3 Å². The van der Waals surface area contributed by atoms with Gasteiger partial charge in [0, 0.05) is 38.7 Å². The molecule has 0 radical (unpaired) electrons. The van der Waals surface area contributed by atoms with Crippen LogP contribution in [0.15, 0.2) is 27.6 Å². The summed E-state index contributed by atoms with van der Waals surface area (Å²) in [7, 11) is -3.88. The number of likely N-dealkylation sites (tertiary alicyclic amines) is 1. The summed E-state index contributed by atoms with van der Waals surface area (Å²) in [4.78, 5) is 19.1. The number of amides is 1. The Bertz CT molecular complexity index is 1060. The Balaban J connectivity index is 1.55. The van der Waals surface area contributed by atoms with Crippen molar-refractivity contribution in [3.05, 3.63) is 29.1 Å². The molecule has 1 aromatic carbocycles. The molecule has 2 aromatic rings. The van der Waals surface area contributed by atoms with Gasteiger partial charge in [-0.2, -0.15) is 9.29 Å². The maximum absolute atomic E-state index is 13.4. The van der Waals surface area contributed by atoms with E-state index in [4.69, 9.17) is 16.1 Å². The first-order chi connectivity index (χ1) is 14.8. The summed E-state index contributed by atoms with van der Waals surface area (Å²) in [6.45, 7) is 5.91. The maximum atomic E-state index is 13.4. The van der Waals surface area contributed by atoms with Crippen LogP contribution in [0.1, 0.15) is 38.5 Å². The van der Waals surface area contributed by atoms with Crippen LogP contribution in [0.3, 0.4) is 0 Å². The van der Waals surface area contributed by atoms with Crippen LogP contribution in [-0.2, 0) is 14.8 Å². The first kappa shape index (κ1) is 22.2. The molecule has 31 heavy (non-hydrogen) atoms. The number of carbonyl (C=O) groups excluding carboxylic acids is 1. The summed E-state index contributed by atoms with van der Waals surface area (Å²) in [5.41, 5.74) is 0.506. The van der Waals surface area contributed by atoms with Gasteiger partial charge in [-0.05, 0) is 49.8 Å². The number of sulfonamides is 1. The van der Waals surface area contributed by atoms with Gasteiger partial charge in [0.25, 0.3) is 0 Å². The third-order valence-corrected chi connectivity index (χ3v) is 8.51. The molecule has 0 bridgehead atoms. The summed E-state index contributed by atoms with van der Waals surface area (Å²) < 4.78 is 33.3. The topological polar surface area (TPSA) is 96.6 Å². The molecule has 2 aliphatic rings. The fourth-order valence-electron chi connectivity index (χ4n) is 4.25. The number of aromatic nitrogens is 2. The third-order valence-electron chi connectivity index (χ3n) is 6.16. The Morgan fingerprint density at radius 2 is 1.94 bits per heavy atom. The number of hydrogen-bond acceptors (Lipinski definition) is 6. The minimum atomic E-state index is -3.88. The van der Waals surface area contributed by atoms with Gasteiger partial charge in [-0.1, -0.05) is 23.7 Å². The fourth-order valence-corrected chi connectivity index (χ4v) is 6.27. The van der Waals surface area contributed by atoms with E-state index in [1.807, 2.05) is 4.90 Å². The maximum Gasteiger partial charge on any atom is 0.244 e. The summed E-state index contributed by atoms with van der Waals surface area (Å²) in [5, 5.41) is 3.98. The molecule has 168 valence electrons. The van der Waals surface area contributed by atoms with E-state index < -0.39 is 10.0 Å². The number of hydrogen-bond donors (Lipinski definition) is 0. The van der Waals surface area contributed by atoms with Crippen molar-refractivity contribution in [1.29, 1.82) is 0 Å². The van der Waals surface area contributed by atoms with Crippen molar-refractivity contribution in [2.45, 2.75) is 44.4 Å². The Morgan fingerprint density at radius 3 is 2.61 bits per heavy atom. The zero-order chi connectivity index (χ0) is 22.2. The lowest BCUT2D eigenvalue weighted by Crippen LogP contribution is -2.48. The average molecular weight is 467 g/mol. The molecule has 1 aromatic heterocycles. The highest BCUT2D eigenvalue weighted by atomic mass is 35.5.